The third kappa shape index (κ3) is 7.26. The molecule has 2 fully saturated rings. The first kappa shape index (κ1) is 29.7. The van der Waals surface area contributed by atoms with Crippen molar-refractivity contribution < 1.29 is 40.7 Å². The molecule has 0 spiro atoms. The number of benzene rings is 2. The molecule has 218 valence electrons. The van der Waals surface area contributed by atoms with Crippen LogP contribution in [0.5, 0.6) is 5.75 Å². The predicted octanol–water partition coefficient (Wildman–Crippen LogP) is 4.96. The largest absolute Gasteiger partial charge is 0.573 e. The van der Waals surface area contributed by atoms with Crippen molar-refractivity contribution in [1.82, 2.24) is 15.5 Å². The molecule has 1 saturated carbocycles. The predicted molar refractivity (Wildman–Crippen MR) is 134 cm³/mol. The summed E-state index contributed by atoms with van der Waals surface area (Å²) < 4.78 is 80.3. The molecule has 1 saturated heterocycles. The molecule has 2 aromatic rings. The Kier molecular flexibility index (Phi) is 8.67. The maximum atomic E-state index is 13.5. The number of nitrogens with one attached hydrogen (secondary N) is 2. The number of alkyl halides is 6. The summed E-state index contributed by atoms with van der Waals surface area (Å²) in [5, 5.41) is 6.05. The Morgan fingerprint density at radius 2 is 1.57 bits per heavy atom. The van der Waals surface area contributed by atoms with Gasteiger partial charge in [0.15, 0.2) is 0 Å². The van der Waals surface area contributed by atoms with Crippen molar-refractivity contribution in [1.29, 1.82) is 0 Å². The summed E-state index contributed by atoms with van der Waals surface area (Å²) in [5.41, 5.74) is -0.631. The molecule has 1 aliphatic carbocycles. The van der Waals surface area contributed by atoms with Gasteiger partial charge in [0.2, 0.25) is 11.8 Å². The number of likely N-dealkylation sites (tertiary alicyclic amines) is 1. The summed E-state index contributed by atoms with van der Waals surface area (Å²) in [6, 6.07) is 9.18. The molecule has 6 nitrogen and oxygen atoms in total. The lowest BCUT2D eigenvalue weighted by molar-refractivity contribution is -0.274. The normalized spacial score (nSPS) is 18.2. The molecule has 1 aliphatic heterocycles. The van der Waals surface area contributed by atoms with Crippen molar-refractivity contribution in [3.8, 4) is 5.75 Å². The highest BCUT2D eigenvalue weighted by Gasteiger charge is 2.52. The second-order valence-corrected chi connectivity index (χ2v) is 10.3. The van der Waals surface area contributed by atoms with Gasteiger partial charge in [0.25, 0.3) is 0 Å². The first-order chi connectivity index (χ1) is 18.8. The number of carbonyl (C=O) groups is 2. The maximum Gasteiger partial charge on any atom is 0.573 e. The summed E-state index contributed by atoms with van der Waals surface area (Å²) >= 11 is 0. The molecule has 12 heteroatoms. The summed E-state index contributed by atoms with van der Waals surface area (Å²) in [4.78, 5) is 28.7. The number of nitrogens with zero attached hydrogens (tertiary/aromatic N) is 1. The van der Waals surface area contributed by atoms with E-state index in [4.69, 9.17) is 0 Å². The highest BCUT2D eigenvalue weighted by atomic mass is 19.4. The monoisotopic (exact) mass is 571 g/mol. The third-order valence-electron chi connectivity index (χ3n) is 7.65. The van der Waals surface area contributed by atoms with Crippen molar-refractivity contribution in [2.24, 2.45) is 0 Å². The van der Waals surface area contributed by atoms with Crippen LogP contribution in [0.3, 0.4) is 0 Å². The van der Waals surface area contributed by atoms with Gasteiger partial charge in [0.05, 0.1) is 11.0 Å². The van der Waals surface area contributed by atoms with Crippen LogP contribution < -0.4 is 15.4 Å². The highest BCUT2D eigenvalue weighted by molar-refractivity contribution is 5.95. The third-order valence-corrected chi connectivity index (χ3v) is 7.65. The van der Waals surface area contributed by atoms with Gasteiger partial charge in [-0.05, 0) is 81.0 Å². The molecule has 4 rings (SSSR count). The number of carbonyl (C=O) groups excluding carboxylic acids is 2. The summed E-state index contributed by atoms with van der Waals surface area (Å²) in [6.07, 6.45) is -6.43. The fourth-order valence-electron chi connectivity index (χ4n) is 5.08. The average molecular weight is 572 g/mol. The SMILES string of the molecule is CNC1CCN(C(=O)[C@H](CCc2ccc(C(F)(F)F)cc2)NC(=O)C2(c3ccc(OC(F)(F)F)cc3)CC2)CC1. The van der Waals surface area contributed by atoms with Crippen LogP contribution in [0.1, 0.15) is 48.8 Å². The lowest BCUT2D eigenvalue weighted by Gasteiger charge is -2.34. The molecule has 0 unspecified atom stereocenters. The van der Waals surface area contributed by atoms with E-state index in [1.165, 1.54) is 24.3 Å². The average Bonchev–Trinajstić information content (AvgIpc) is 3.72. The molecular weight excluding hydrogens is 540 g/mol. The second kappa shape index (κ2) is 11.7. The van der Waals surface area contributed by atoms with Gasteiger partial charge in [-0.1, -0.05) is 24.3 Å². The second-order valence-electron chi connectivity index (χ2n) is 10.3. The van der Waals surface area contributed by atoms with Crippen LogP contribution in [-0.4, -0.2) is 55.3 Å². The van der Waals surface area contributed by atoms with Crippen LogP contribution in [0, 0.1) is 0 Å². The van der Waals surface area contributed by atoms with E-state index in [9.17, 15) is 35.9 Å². The zero-order chi connectivity index (χ0) is 29.1. The number of hydrogen-bond acceptors (Lipinski definition) is 4. The minimum atomic E-state index is -4.83. The molecule has 0 aromatic heterocycles. The molecule has 0 bridgehead atoms. The van der Waals surface area contributed by atoms with Crippen LogP contribution in [0.4, 0.5) is 26.3 Å². The Balaban J connectivity index is 1.48. The number of rotatable bonds is 9. The zero-order valence-corrected chi connectivity index (χ0v) is 21.9. The lowest BCUT2D eigenvalue weighted by atomic mass is 9.93. The smallest absolute Gasteiger partial charge is 0.406 e. The number of amides is 2. The first-order valence-corrected chi connectivity index (χ1v) is 13.1. The van der Waals surface area contributed by atoms with Gasteiger partial charge in [-0.25, -0.2) is 0 Å². The molecule has 1 heterocycles. The van der Waals surface area contributed by atoms with E-state index < -0.39 is 41.2 Å². The minimum Gasteiger partial charge on any atom is -0.406 e. The minimum absolute atomic E-state index is 0.177. The van der Waals surface area contributed by atoms with Gasteiger partial charge in [0.1, 0.15) is 11.8 Å². The van der Waals surface area contributed by atoms with Gasteiger partial charge in [0, 0.05) is 19.1 Å². The van der Waals surface area contributed by atoms with Crippen molar-refractivity contribution in [3.05, 3.63) is 65.2 Å². The fourth-order valence-corrected chi connectivity index (χ4v) is 5.08. The van der Waals surface area contributed by atoms with Gasteiger partial charge >= 0.3 is 12.5 Å². The number of halogens is 6. The number of hydrogen-bond donors (Lipinski definition) is 2. The van der Waals surface area contributed by atoms with Gasteiger partial charge in [-0.15, -0.1) is 13.2 Å². The van der Waals surface area contributed by atoms with Gasteiger partial charge < -0.3 is 20.3 Å². The first-order valence-electron chi connectivity index (χ1n) is 13.1. The van der Waals surface area contributed by atoms with E-state index in [0.29, 0.717) is 37.1 Å². The molecule has 2 N–H and O–H groups in total. The molecule has 2 aliphatic rings. The van der Waals surface area contributed by atoms with E-state index in [2.05, 4.69) is 15.4 Å². The Morgan fingerprint density at radius 1 is 0.975 bits per heavy atom. The molecule has 1 atom stereocenters. The number of ether oxygens (including phenoxy) is 1. The molecule has 0 radical (unpaired) electrons. The van der Waals surface area contributed by atoms with E-state index in [1.807, 2.05) is 7.05 Å². The van der Waals surface area contributed by atoms with Crippen LogP contribution in [0.15, 0.2) is 48.5 Å². The highest BCUT2D eigenvalue weighted by Crippen LogP contribution is 2.49. The van der Waals surface area contributed by atoms with Crippen LogP contribution in [0.2, 0.25) is 0 Å². The quantitative estimate of drug-likeness (QED) is 0.418. The van der Waals surface area contributed by atoms with Crippen molar-refractivity contribution in [2.75, 3.05) is 20.1 Å². The van der Waals surface area contributed by atoms with Crippen LogP contribution in [0.25, 0.3) is 0 Å². The van der Waals surface area contributed by atoms with Crippen molar-refractivity contribution in [3.63, 3.8) is 0 Å². The summed E-state index contributed by atoms with van der Waals surface area (Å²) in [5.74, 6) is -1.07. The fraction of sp³-hybridized carbons (Fsp3) is 0.500. The molecule has 40 heavy (non-hydrogen) atoms. The Morgan fingerprint density at radius 3 is 2.08 bits per heavy atom. The Hall–Kier alpha value is -3.28. The lowest BCUT2D eigenvalue weighted by Crippen LogP contribution is -2.54. The van der Waals surface area contributed by atoms with Crippen LogP contribution >= 0.6 is 0 Å². The van der Waals surface area contributed by atoms with Crippen molar-refractivity contribution >= 4 is 11.8 Å². The van der Waals surface area contributed by atoms with E-state index in [0.717, 1.165) is 37.1 Å². The number of piperidine rings is 1. The Labute approximate surface area is 228 Å². The van der Waals surface area contributed by atoms with Gasteiger partial charge in [-0.3, -0.25) is 9.59 Å². The Bertz CT molecular complexity index is 1170. The molecular formula is C28H31F6N3O3. The van der Waals surface area contributed by atoms with Crippen LogP contribution in [-0.2, 0) is 27.6 Å². The van der Waals surface area contributed by atoms with Crippen molar-refractivity contribution in [2.45, 2.75) is 68.6 Å². The van der Waals surface area contributed by atoms with Gasteiger partial charge in [-0.2, -0.15) is 13.2 Å². The van der Waals surface area contributed by atoms with E-state index in [1.54, 1.807) is 4.90 Å². The standard InChI is InChI=1S/C28H31F6N3O3/c1-35-21-12-16-37(17-13-21)24(38)23(11-4-18-2-5-20(6-3-18)27(29,30)31)36-25(39)26(14-15-26)19-7-9-22(10-8-19)40-28(32,33)34/h2-3,5-10,21,23,35H,4,11-17H2,1H3,(H,36,39)/t23-/m0/s1. The molecule has 2 aromatic carbocycles. The summed E-state index contributed by atoms with van der Waals surface area (Å²) in [6.45, 7) is 1.01. The maximum absolute atomic E-state index is 13.5. The topological polar surface area (TPSA) is 70.7 Å². The van der Waals surface area contributed by atoms with E-state index in [-0.39, 0.29) is 24.8 Å². The summed E-state index contributed by atoms with van der Waals surface area (Å²) in [7, 11) is 1.85. The zero-order valence-electron chi connectivity index (χ0n) is 21.9. The number of aryl methyl sites for hydroxylation is 1. The van der Waals surface area contributed by atoms with E-state index >= 15 is 0 Å². The molecule has 2 amide bonds.